The number of likely N-dealkylation sites (N-methyl/N-ethyl adjacent to an activating group) is 1. The Morgan fingerprint density at radius 2 is 1.86 bits per heavy atom. The molecule has 1 aliphatic rings. The van der Waals surface area contributed by atoms with E-state index in [1.54, 1.807) is 7.11 Å². The lowest BCUT2D eigenvalue weighted by Crippen LogP contribution is -2.30. The molecule has 1 aromatic carbocycles. The Bertz CT molecular complexity index is 418. The summed E-state index contributed by atoms with van der Waals surface area (Å²) in [5.74, 6) is 2.48. The Hall–Kier alpha value is -1.06. The maximum absolute atomic E-state index is 6.41. The Balaban J connectivity index is 2.01. The normalized spacial score (nSPS) is 27.3. The second kappa shape index (κ2) is 7.81. The van der Waals surface area contributed by atoms with Crippen LogP contribution in [0, 0.1) is 11.8 Å². The maximum atomic E-state index is 6.41. The van der Waals surface area contributed by atoms with Crippen LogP contribution in [0.3, 0.4) is 0 Å². The van der Waals surface area contributed by atoms with Crippen LogP contribution < -0.4 is 10.1 Å². The van der Waals surface area contributed by atoms with Gasteiger partial charge in [-0.1, -0.05) is 26.0 Å². The van der Waals surface area contributed by atoms with Gasteiger partial charge in [-0.05, 0) is 55.8 Å². The second-order valence-corrected chi connectivity index (χ2v) is 6.35. The van der Waals surface area contributed by atoms with E-state index in [0.29, 0.717) is 6.10 Å². The molecule has 4 atom stereocenters. The molecule has 1 aromatic rings. The molecule has 0 aliphatic heterocycles. The highest BCUT2D eigenvalue weighted by Crippen LogP contribution is 2.33. The summed E-state index contributed by atoms with van der Waals surface area (Å²) in [5.41, 5.74) is 1.22. The van der Waals surface area contributed by atoms with Crippen molar-refractivity contribution in [1.82, 2.24) is 5.32 Å². The molecule has 21 heavy (non-hydrogen) atoms. The lowest BCUT2D eigenvalue weighted by atomic mass is 9.80. The molecule has 3 heteroatoms. The van der Waals surface area contributed by atoms with E-state index in [1.165, 1.54) is 24.8 Å². The van der Waals surface area contributed by atoms with Crippen LogP contribution in [0.5, 0.6) is 5.75 Å². The van der Waals surface area contributed by atoms with Gasteiger partial charge in [0.2, 0.25) is 0 Å². The highest BCUT2D eigenvalue weighted by Gasteiger charge is 2.27. The van der Waals surface area contributed by atoms with Gasteiger partial charge in [0.1, 0.15) is 5.75 Å². The number of benzene rings is 1. The smallest absolute Gasteiger partial charge is 0.118 e. The fraction of sp³-hybridized carbons (Fsp3) is 0.667. The number of hydrogen-bond donors (Lipinski definition) is 1. The van der Waals surface area contributed by atoms with E-state index in [-0.39, 0.29) is 6.10 Å². The maximum Gasteiger partial charge on any atom is 0.118 e. The zero-order valence-electron chi connectivity index (χ0n) is 13.8. The molecule has 1 aliphatic carbocycles. The van der Waals surface area contributed by atoms with Crippen LogP contribution >= 0.6 is 0 Å². The minimum Gasteiger partial charge on any atom is -0.497 e. The molecular formula is C18H29NO2. The van der Waals surface area contributed by atoms with E-state index in [0.717, 1.165) is 24.1 Å². The summed E-state index contributed by atoms with van der Waals surface area (Å²) in [7, 11) is 3.67. The summed E-state index contributed by atoms with van der Waals surface area (Å²) in [6.07, 6.45) is 4.14. The standard InChI is InChI=1S/C18H29NO2/c1-13-5-8-17(11-14(13)2)21-18(12-19-3)15-6-9-16(20-4)10-7-15/h6-7,9-10,13-14,17-19H,5,8,11-12H2,1-4H3. The van der Waals surface area contributed by atoms with Crippen molar-refractivity contribution in [2.45, 2.75) is 45.3 Å². The Morgan fingerprint density at radius 3 is 2.43 bits per heavy atom. The van der Waals surface area contributed by atoms with Crippen LogP contribution in [-0.4, -0.2) is 26.8 Å². The number of nitrogens with one attached hydrogen (secondary N) is 1. The molecule has 0 spiro atoms. The SMILES string of the molecule is CNCC(OC1CCC(C)C(C)C1)c1ccc(OC)cc1. The van der Waals surface area contributed by atoms with Gasteiger partial charge in [-0.25, -0.2) is 0 Å². The monoisotopic (exact) mass is 291 g/mol. The highest BCUT2D eigenvalue weighted by atomic mass is 16.5. The minimum absolute atomic E-state index is 0.117. The quantitative estimate of drug-likeness (QED) is 0.865. The molecule has 0 heterocycles. The van der Waals surface area contributed by atoms with Crippen LogP contribution in [0.4, 0.5) is 0 Å². The Kier molecular flexibility index (Phi) is 6.07. The van der Waals surface area contributed by atoms with Gasteiger partial charge in [-0.3, -0.25) is 0 Å². The Morgan fingerprint density at radius 1 is 1.14 bits per heavy atom. The molecule has 1 N–H and O–H groups in total. The molecule has 118 valence electrons. The molecule has 4 unspecified atom stereocenters. The third-order valence-electron chi connectivity index (χ3n) is 4.78. The number of methoxy groups -OCH3 is 1. The van der Waals surface area contributed by atoms with Crippen molar-refractivity contribution in [3.63, 3.8) is 0 Å². The van der Waals surface area contributed by atoms with E-state index in [2.05, 4.69) is 31.3 Å². The highest BCUT2D eigenvalue weighted by molar-refractivity contribution is 5.28. The average Bonchev–Trinajstić information content (AvgIpc) is 2.50. The van der Waals surface area contributed by atoms with Gasteiger partial charge in [-0.2, -0.15) is 0 Å². The van der Waals surface area contributed by atoms with Crippen molar-refractivity contribution >= 4 is 0 Å². The summed E-state index contributed by atoms with van der Waals surface area (Å²) >= 11 is 0. The third-order valence-corrected chi connectivity index (χ3v) is 4.78. The Labute approximate surface area is 129 Å². The van der Waals surface area contributed by atoms with E-state index < -0.39 is 0 Å². The predicted octanol–water partition coefficient (Wildman–Crippen LogP) is 3.80. The largest absolute Gasteiger partial charge is 0.497 e. The van der Waals surface area contributed by atoms with E-state index in [1.807, 2.05) is 19.2 Å². The molecular weight excluding hydrogens is 262 g/mol. The first kappa shape index (κ1) is 16.3. The minimum atomic E-state index is 0.117. The molecule has 1 fully saturated rings. The van der Waals surface area contributed by atoms with Gasteiger partial charge < -0.3 is 14.8 Å². The van der Waals surface area contributed by atoms with Gasteiger partial charge >= 0.3 is 0 Å². The fourth-order valence-corrected chi connectivity index (χ4v) is 3.10. The van der Waals surface area contributed by atoms with Crippen molar-refractivity contribution < 1.29 is 9.47 Å². The van der Waals surface area contributed by atoms with Crippen LogP contribution in [-0.2, 0) is 4.74 Å². The van der Waals surface area contributed by atoms with Gasteiger partial charge in [0.15, 0.2) is 0 Å². The summed E-state index contributed by atoms with van der Waals surface area (Å²) in [6, 6.07) is 8.23. The zero-order chi connectivity index (χ0) is 15.2. The van der Waals surface area contributed by atoms with Crippen molar-refractivity contribution in [2.24, 2.45) is 11.8 Å². The third kappa shape index (κ3) is 4.45. The van der Waals surface area contributed by atoms with Crippen molar-refractivity contribution in [2.75, 3.05) is 20.7 Å². The summed E-state index contributed by atoms with van der Waals surface area (Å²) in [6.45, 7) is 5.54. The topological polar surface area (TPSA) is 30.5 Å². The number of rotatable bonds is 6. The number of ether oxygens (including phenoxy) is 2. The van der Waals surface area contributed by atoms with Crippen LogP contribution in [0.15, 0.2) is 24.3 Å². The molecule has 0 aromatic heterocycles. The summed E-state index contributed by atoms with van der Waals surface area (Å²) in [5, 5.41) is 3.25. The lowest BCUT2D eigenvalue weighted by Gasteiger charge is -2.34. The molecule has 0 bridgehead atoms. The van der Waals surface area contributed by atoms with Crippen LogP contribution in [0.1, 0.15) is 44.8 Å². The van der Waals surface area contributed by atoms with Gasteiger partial charge in [0.05, 0.1) is 19.3 Å². The average molecular weight is 291 g/mol. The molecule has 3 nitrogen and oxygen atoms in total. The molecule has 0 amide bonds. The lowest BCUT2D eigenvalue weighted by molar-refractivity contribution is -0.0474. The fourth-order valence-electron chi connectivity index (χ4n) is 3.10. The van der Waals surface area contributed by atoms with Gasteiger partial charge in [0, 0.05) is 6.54 Å². The number of hydrogen-bond acceptors (Lipinski definition) is 3. The van der Waals surface area contributed by atoms with E-state index in [9.17, 15) is 0 Å². The van der Waals surface area contributed by atoms with Crippen LogP contribution in [0.2, 0.25) is 0 Å². The molecule has 0 radical (unpaired) electrons. The second-order valence-electron chi connectivity index (χ2n) is 6.35. The van der Waals surface area contributed by atoms with Crippen molar-refractivity contribution in [3.8, 4) is 5.75 Å². The first-order valence-electron chi connectivity index (χ1n) is 8.08. The first-order chi connectivity index (χ1) is 10.1. The molecule has 1 saturated carbocycles. The van der Waals surface area contributed by atoms with Crippen LogP contribution in [0.25, 0.3) is 0 Å². The van der Waals surface area contributed by atoms with Gasteiger partial charge in [-0.15, -0.1) is 0 Å². The first-order valence-corrected chi connectivity index (χ1v) is 8.08. The predicted molar refractivity (Wildman–Crippen MR) is 86.7 cm³/mol. The zero-order valence-corrected chi connectivity index (χ0v) is 13.8. The molecule has 2 rings (SSSR count). The summed E-state index contributed by atoms with van der Waals surface area (Å²) < 4.78 is 11.6. The molecule has 0 saturated heterocycles. The van der Waals surface area contributed by atoms with E-state index in [4.69, 9.17) is 9.47 Å². The summed E-state index contributed by atoms with van der Waals surface area (Å²) in [4.78, 5) is 0. The van der Waals surface area contributed by atoms with Gasteiger partial charge in [0.25, 0.3) is 0 Å². The van der Waals surface area contributed by atoms with E-state index >= 15 is 0 Å². The van der Waals surface area contributed by atoms with Crippen molar-refractivity contribution in [1.29, 1.82) is 0 Å². The van der Waals surface area contributed by atoms with Crippen molar-refractivity contribution in [3.05, 3.63) is 29.8 Å².